The largest absolute Gasteiger partial charge is 0.373 e. The third kappa shape index (κ3) is 2.68. The molecule has 66 valence electrons. The van der Waals surface area contributed by atoms with E-state index in [4.69, 9.17) is 14.2 Å². The van der Waals surface area contributed by atoms with E-state index >= 15 is 0 Å². The quantitative estimate of drug-likeness (QED) is 0.665. The van der Waals surface area contributed by atoms with Gasteiger partial charge in [-0.2, -0.15) is 0 Å². The minimum atomic E-state index is -0.423. The van der Waals surface area contributed by atoms with E-state index in [1.54, 1.807) is 0 Å². The Morgan fingerprint density at radius 1 is 1.64 bits per heavy atom. The monoisotopic (exact) mass is 178 g/mol. The Hall–Kier alpha value is 0.310. The SMILES string of the molecule is CC1CCC(C(C)OPO)O1. The first-order valence-electron chi connectivity index (χ1n) is 3.94. The molecule has 4 atom stereocenters. The van der Waals surface area contributed by atoms with Gasteiger partial charge >= 0.3 is 0 Å². The summed E-state index contributed by atoms with van der Waals surface area (Å²) in [5.41, 5.74) is 0. The molecule has 4 unspecified atom stereocenters. The van der Waals surface area contributed by atoms with Crippen molar-refractivity contribution in [2.75, 3.05) is 0 Å². The summed E-state index contributed by atoms with van der Waals surface area (Å²) in [6.07, 6.45) is 2.72. The lowest BCUT2D eigenvalue weighted by Gasteiger charge is -2.17. The molecule has 4 heteroatoms. The molecule has 0 spiro atoms. The highest BCUT2D eigenvalue weighted by Gasteiger charge is 2.27. The van der Waals surface area contributed by atoms with E-state index in [1.165, 1.54) is 0 Å². The summed E-state index contributed by atoms with van der Waals surface area (Å²) < 4.78 is 10.6. The van der Waals surface area contributed by atoms with Gasteiger partial charge in [0.05, 0.1) is 18.3 Å². The third-order valence-electron chi connectivity index (χ3n) is 2.03. The van der Waals surface area contributed by atoms with Crippen LogP contribution in [0, 0.1) is 0 Å². The topological polar surface area (TPSA) is 38.7 Å². The summed E-state index contributed by atoms with van der Waals surface area (Å²) in [7, 11) is -0.423. The average molecular weight is 178 g/mol. The molecule has 0 aromatic heterocycles. The standard InChI is InChI=1S/C7H15O3P/c1-5-3-4-7(9-5)6(2)10-11-8/h5-8,11H,3-4H2,1-2H3. The van der Waals surface area contributed by atoms with Crippen LogP contribution in [0.2, 0.25) is 0 Å². The molecule has 0 radical (unpaired) electrons. The van der Waals surface area contributed by atoms with E-state index in [1.807, 2.05) is 6.92 Å². The smallest absolute Gasteiger partial charge is 0.152 e. The molecule has 1 heterocycles. The first-order chi connectivity index (χ1) is 5.24. The molecule has 1 fully saturated rings. The van der Waals surface area contributed by atoms with E-state index in [0.29, 0.717) is 6.10 Å². The van der Waals surface area contributed by atoms with E-state index in [9.17, 15) is 0 Å². The second kappa shape index (κ2) is 4.36. The zero-order valence-electron chi connectivity index (χ0n) is 6.91. The molecule has 3 nitrogen and oxygen atoms in total. The fourth-order valence-electron chi connectivity index (χ4n) is 1.34. The van der Waals surface area contributed by atoms with Crippen LogP contribution in [0.3, 0.4) is 0 Å². The highest BCUT2D eigenvalue weighted by molar-refractivity contribution is 7.25. The van der Waals surface area contributed by atoms with E-state index in [0.717, 1.165) is 12.8 Å². The molecule has 0 amide bonds. The van der Waals surface area contributed by atoms with Gasteiger partial charge in [-0.05, 0) is 26.7 Å². The summed E-state index contributed by atoms with van der Waals surface area (Å²) in [5.74, 6) is 0. The van der Waals surface area contributed by atoms with E-state index < -0.39 is 9.03 Å². The first-order valence-corrected chi connectivity index (χ1v) is 4.79. The van der Waals surface area contributed by atoms with Crippen molar-refractivity contribution in [3.05, 3.63) is 0 Å². The molecule has 0 bridgehead atoms. The van der Waals surface area contributed by atoms with Crippen LogP contribution >= 0.6 is 9.03 Å². The molecular weight excluding hydrogens is 163 g/mol. The number of hydrogen-bond acceptors (Lipinski definition) is 3. The Kier molecular flexibility index (Phi) is 3.73. The second-order valence-corrected chi connectivity index (χ2v) is 3.40. The van der Waals surface area contributed by atoms with Crippen LogP contribution < -0.4 is 0 Å². The predicted molar refractivity (Wildman–Crippen MR) is 44.6 cm³/mol. The molecule has 0 aromatic carbocycles. The highest BCUT2D eigenvalue weighted by atomic mass is 31.1. The van der Waals surface area contributed by atoms with Gasteiger partial charge in [0, 0.05) is 0 Å². The number of ether oxygens (including phenoxy) is 1. The third-order valence-corrected chi connectivity index (χ3v) is 2.50. The summed E-state index contributed by atoms with van der Waals surface area (Å²) in [5, 5.41) is 0. The van der Waals surface area contributed by atoms with Crippen molar-refractivity contribution in [2.45, 2.75) is 45.0 Å². The van der Waals surface area contributed by atoms with Crippen molar-refractivity contribution in [1.29, 1.82) is 0 Å². The molecule has 0 aliphatic carbocycles. The maximum absolute atomic E-state index is 8.51. The van der Waals surface area contributed by atoms with Crippen molar-refractivity contribution in [2.24, 2.45) is 0 Å². The molecule has 1 saturated heterocycles. The van der Waals surface area contributed by atoms with Gasteiger partial charge < -0.3 is 14.2 Å². The van der Waals surface area contributed by atoms with Gasteiger partial charge in [-0.15, -0.1) is 0 Å². The molecule has 1 rings (SSSR count). The molecule has 1 N–H and O–H groups in total. The Bertz CT molecular complexity index is 120. The Labute approximate surface area is 69.0 Å². The van der Waals surface area contributed by atoms with Gasteiger partial charge in [-0.1, -0.05) is 0 Å². The van der Waals surface area contributed by atoms with Gasteiger partial charge in [0.25, 0.3) is 0 Å². The Morgan fingerprint density at radius 2 is 2.36 bits per heavy atom. The van der Waals surface area contributed by atoms with Gasteiger partial charge in [0.2, 0.25) is 0 Å². The molecule has 1 aliphatic heterocycles. The van der Waals surface area contributed by atoms with Crippen molar-refractivity contribution in [3.63, 3.8) is 0 Å². The summed E-state index contributed by atoms with van der Waals surface area (Å²) >= 11 is 0. The minimum Gasteiger partial charge on any atom is -0.373 e. The molecule has 1 aliphatic rings. The van der Waals surface area contributed by atoms with Crippen molar-refractivity contribution in [1.82, 2.24) is 0 Å². The molecule has 0 aromatic rings. The molecular formula is C7H15O3P. The average Bonchev–Trinajstić information content (AvgIpc) is 2.36. The zero-order chi connectivity index (χ0) is 8.27. The number of rotatable bonds is 3. The van der Waals surface area contributed by atoms with Gasteiger partial charge in [0.1, 0.15) is 0 Å². The van der Waals surface area contributed by atoms with E-state index in [2.05, 4.69) is 6.92 Å². The normalized spacial score (nSPS) is 35.2. The lowest BCUT2D eigenvalue weighted by atomic mass is 10.1. The predicted octanol–water partition coefficient (Wildman–Crippen LogP) is 1.46. The first kappa shape index (κ1) is 9.40. The van der Waals surface area contributed by atoms with E-state index in [-0.39, 0.29) is 12.2 Å². The zero-order valence-corrected chi connectivity index (χ0v) is 7.91. The van der Waals surface area contributed by atoms with Crippen LogP contribution in [0.25, 0.3) is 0 Å². The fourth-order valence-corrected chi connectivity index (χ4v) is 1.66. The minimum absolute atomic E-state index is 0.0308. The molecule has 0 saturated carbocycles. The summed E-state index contributed by atoms with van der Waals surface area (Å²) in [6.45, 7) is 4.00. The van der Waals surface area contributed by atoms with Gasteiger partial charge in [-0.3, -0.25) is 0 Å². The Morgan fingerprint density at radius 3 is 2.82 bits per heavy atom. The van der Waals surface area contributed by atoms with Gasteiger partial charge in [0.15, 0.2) is 9.03 Å². The molecule has 11 heavy (non-hydrogen) atoms. The second-order valence-electron chi connectivity index (χ2n) is 2.98. The van der Waals surface area contributed by atoms with Crippen LogP contribution in [-0.2, 0) is 9.26 Å². The van der Waals surface area contributed by atoms with Crippen molar-refractivity contribution in [3.8, 4) is 0 Å². The lowest BCUT2D eigenvalue weighted by molar-refractivity contribution is -0.00753. The highest BCUT2D eigenvalue weighted by Crippen LogP contribution is 2.25. The fraction of sp³-hybridized carbons (Fsp3) is 1.00. The van der Waals surface area contributed by atoms with Crippen molar-refractivity contribution >= 4 is 9.03 Å². The van der Waals surface area contributed by atoms with Crippen LogP contribution in [0.4, 0.5) is 0 Å². The maximum Gasteiger partial charge on any atom is 0.152 e. The van der Waals surface area contributed by atoms with Crippen LogP contribution in [0.1, 0.15) is 26.7 Å². The van der Waals surface area contributed by atoms with Crippen LogP contribution in [0.15, 0.2) is 0 Å². The lowest BCUT2D eigenvalue weighted by Crippen LogP contribution is -2.23. The summed E-state index contributed by atoms with van der Waals surface area (Å²) in [4.78, 5) is 8.51. The van der Waals surface area contributed by atoms with Crippen molar-refractivity contribution < 1.29 is 14.2 Å². The van der Waals surface area contributed by atoms with Crippen LogP contribution in [0.5, 0.6) is 0 Å². The van der Waals surface area contributed by atoms with Gasteiger partial charge in [-0.25, -0.2) is 0 Å². The maximum atomic E-state index is 8.51. The number of hydrogen-bond donors (Lipinski definition) is 1. The van der Waals surface area contributed by atoms with Crippen LogP contribution in [-0.4, -0.2) is 23.2 Å². The Balaban J connectivity index is 2.25. The summed E-state index contributed by atoms with van der Waals surface area (Å²) in [6, 6.07) is 0.